The van der Waals surface area contributed by atoms with E-state index < -0.39 is 6.09 Å². The van der Waals surface area contributed by atoms with Gasteiger partial charge in [0, 0.05) is 34.3 Å². The number of hydrazine groups is 1. The van der Waals surface area contributed by atoms with Gasteiger partial charge in [-0.05, 0) is 49.2 Å². The number of hydrogen-bond donors (Lipinski definition) is 1. The van der Waals surface area contributed by atoms with Crippen molar-refractivity contribution in [2.75, 3.05) is 13.1 Å². The molecule has 12 heteroatoms. The van der Waals surface area contributed by atoms with Crippen LogP contribution in [0, 0.1) is 6.92 Å². The number of rotatable bonds is 6. The third kappa shape index (κ3) is 6.22. The van der Waals surface area contributed by atoms with Gasteiger partial charge in [-0.25, -0.2) is 19.8 Å². The molecule has 1 aliphatic rings. The topological polar surface area (TPSA) is 111 Å². The lowest BCUT2D eigenvalue weighted by Gasteiger charge is -2.26. The number of tetrazole rings is 1. The monoisotopic (exact) mass is 538 g/mol. The lowest BCUT2D eigenvalue weighted by atomic mass is 10.0. The van der Waals surface area contributed by atoms with E-state index in [-0.39, 0.29) is 12.4 Å². The van der Waals surface area contributed by atoms with Gasteiger partial charge in [-0.1, -0.05) is 53.9 Å². The van der Waals surface area contributed by atoms with Gasteiger partial charge in [0.2, 0.25) is 5.88 Å². The lowest BCUT2D eigenvalue weighted by molar-refractivity contribution is 0.127. The Bertz CT molecular complexity index is 1390. The van der Waals surface area contributed by atoms with Crippen LogP contribution in [0.25, 0.3) is 22.5 Å². The number of hydrogen-bond acceptors (Lipinski definition) is 8. The highest BCUT2D eigenvalue weighted by atomic mass is 35.5. The van der Waals surface area contributed by atoms with Gasteiger partial charge in [0.15, 0.2) is 5.82 Å². The first-order chi connectivity index (χ1) is 17.9. The Balaban J connectivity index is 1.58. The van der Waals surface area contributed by atoms with Gasteiger partial charge < -0.3 is 4.74 Å². The predicted molar refractivity (Wildman–Crippen MR) is 139 cm³/mol. The Morgan fingerprint density at radius 1 is 0.919 bits per heavy atom. The number of nitrogens with zero attached hydrogens (tertiary/aromatic N) is 7. The summed E-state index contributed by atoms with van der Waals surface area (Å²) in [6.45, 7) is 3.37. The Morgan fingerprint density at radius 3 is 2.08 bits per heavy atom. The van der Waals surface area contributed by atoms with E-state index in [1.807, 2.05) is 29.3 Å². The van der Waals surface area contributed by atoms with E-state index in [0.717, 1.165) is 43.5 Å². The van der Waals surface area contributed by atoms with E-state index in [4.69, 9.17) is 37.9 Å². The summed E-state index contributed by atoms with van der Waals surface area (Å²) >= 11 is 12.3. The molecule has 37 heavy (non-hydrogen) atoms. The second-order valence-corrected chi connectivity index (χ2v) is 9.48. The quantitative estimate of drug-likeness (QED) is 0.367. The molecular formula is C25H24Cl2N8O2. The minimum Gasteiger partial charge on any atom is -0.388 e. The standard InChI is InChI=1S/C25H24Cl2N8O2/c1-16-30-33-35(31-16)15-21-24(37-25(36)32-34-13-3-2-4-14-34)29-23(18-7-11-20(27)12-8-18)22(28-21)17-5-9-19(26)10-6-17/h5-12H,2-4,13-15H2,1H3,(H,32,36). The molecule has 3 heterocycles. The molecule has 2 aromatic heterocycles. The smallest absolute Gasteiger partial charge is 0.388 e. The summed E-state index contributed by atoms with van der Waals surface area (Å²) in [5, 5.41) is 15.3. The SMILES string of the molecule is Cc1nnn(Cc2nc(-c3ccc(Cl)cc3)c(-c3ccc(Cl)cc3)nc2OC(=O)NN2CCCCC2)n1. The van der Waals surface area contributed by atoms with Gasteiger partial charge in [0.05, 0.1) is 5.69 Å². The fourth-order valence-corrected chi connectivity index (χ4v) is 4.28. The summed E-state index contributed by atoms with van der Waals surface area (Å²) < 4.78 is 5.72. The molecule has 0 radical (unpaired) electrons. The number of benzene rings is 2. The number of piperidine rings is 1. The van der Waals surface area contributed by atoms with Crippen LogP contribution in [0.1, 0.15) is 30.8 Å². The van der Waals surface area contributed by atoms with Crippen molar-refractivity contribution in [2.24, 2.45) is 0 Å². The van der Waals surface area contributed by atoms with Crippen molar-refractivity contribution in [1.82, 2.24) is 40.6 Å². The van der Waals surface area contributed by atoms with Crippen LogP contribution in [0.15, 0.2) is 48.5 Å². The minimum atomic E-state index is -0.638. The zero-order valence-corrected chi connectivity index (χ0v) is 21.6. The van der Waals surface area contributed by atoms with Gasteiger partial charge >= 0.3 is 6.09 Å². The molecule has 0 bridgehead atoms. The van der Waals surface area contributed by atoms with E-state index in [1.165, 1.54) is 4.80 Å². The van der Waals surface area contributed by atoms with Gasteiger partial charge in [-0.3, -0.25) is 5.43 Å². The van der Waals surface area contributed by atoms with E-state index in [9.17, 15) is 4.79 Å². The fourth-order valence-electron chi connectivity index (χ4n) is 4.03. The average molecular weight is 539 g/mol. The number of carbonyl (C=O) groups excluding carboxylic acids is 1. The average Bonchev–Trinajstić information content (AvgIpc) is 3.31. The third-order valence-electron chi connectivity index (χ3n) is 5.81. The van der Waals surface area contributed by atoms with Crippen LogP contribution in [0.4, 0.5) is 4.79 Å². The second kappa shape index (κ2) is 11.2. The first kappa shape index (κ1) is 25.1. The molecule has 0 saturated carbocycles. The van der Waals surface area contributed by atoms with Crippen molar-refractivity contribution in [1.29, 1.82) is 0 Å². The van der Waals surface area contributed by atoms with Crippen LogP contribution in [0.3, 0.4) is 0 Å². The highest BCUT2D eigenvalue weighted by molar-refractivity contribution is 6.31. The Labute approximate surface area is 223 Å². The zero-order chi connectivity index (χ0) is 25.8. The summed E-state index contributed by atoms with van der Waals surface area (Å²) in [5.74, 6) is 0.557. The number of ether oxygens (including phenoxy) is 1. The van der Waals surface area contributed by atoms with Gasteiger partial charge in [-0.2, -0.15) is 4.80 Å². The van der Waals surface area contributed by atoms with Crippen molar-refractivity contribution in [3.8, 4) is 28.4 Å². The summed E-state index contributed by atoms with van der Waals surface area (Å²) in [4.78, 5) is 23.9. The predicted octanol–water partition coefficient (Wildman–Crippen LogP) is 4.95. The van der Waals surface area contributed by atoms with Gasteiger partial charge in [-0.15, -0.1) is 10.2 Å². The first-order valence-corrected chi connectivity index (χ1v) is 12.6. The summed E-state index contributed by atoms with van der Waals surface area (Å²) in [5.41, 5.74) is 5.81. The molecule has 10 nitrogen and oxygen atoms in total. The van der Waals surface area contributed by atoms with Gasteiger partial charge in [0.25, 0.3) is 0 Å². The number of nitrogens with one attached hydrogen (secondary N) is 1. The van der Waals surface area contributed by atoms with Crippen molar-refractivity contribution in [3.63, 3.8) is 0 Å². The number of carbonyl (C=O) groups is 1. The van der Waals surface area contributed by atoms with E-state index in [2.05, 4.69) is 20.8 Å². The summed E-state index contributed by atoms with van der Waals surface area (Å²) in [7, 11) is 0. The second-order valence-electron chi connectivity index (χ2n) is 8.60. The highest BCUT2D eigenvalue weighted by Gasteiger charge is 2.22. The molecular weight excluding hydrogens is 515 g/mol. The highest BCUT2D eigenvalue weighted by Crippen LogP contribution is 2.33. The van der Waals surface area contributed by atoms with E-state index >= 15 is 0 Å². The molecule has 1 N–H and O–H groups in total. The normalized spacial score (nSPS) is 13.9. The number of aryl methyl sites for hydroxylation is 1. The maximum Gasteiger partial charge on any atom is 0.428 e. The molecule has 0 unspecified atom stereocenters. The van der Waals surface area contributed by atoms with Crippen LogP contribution >= 0.6 is 23.2 Å². The molecule has 2 aromatic carbocycles. The van der Waals surface area contributed by atoms with E-state index in [1.54, 1.807) is 31.2 Å². The number of aromatic nitrogens is 6. The fraction of sp³-hybridized carbons (Fsp3) is 0.280. The maximum atomic E-state index is 12.8. The summed E-state index contributed by atoms with van der Waals surface area (Å²) in [6, 6.07) is 14.5. The number of halogens is 2. The van der Waals surface area contributed by atoms with Crippen molar-refractivity contribution < 1.29 is 9.53 Å². The molecule has 0 aliphatic carbocycles. The molecule has 4 aromatic rings. The molecule has 0 atom stereocenters. The van der Waals surface area contributed by atoms with Crippen LogP contribution in [-0.4, -0.2) is 54.4 Å². The Hall–Kier alpha value is -3.60. The van der Waals surface area contributed by atoms with Crippen molar-refractivity contribution in [2.45, 2.75) is 32.7 Å². The van der Waals surface area contributed by atoms with Gasteiger partial charge in [0.1, 0.15) is 17.9 Å². The van der Waals surface area contributed by atoms with Crippen LogP contribution in [-0.2, 0) is 6.54 Å². The molecule has 190 valence electrons. The zero-order valence-electron chi connectivity index (χ0n) is 20.1. The molecule has 1 saturated heterocycles. The number of amides is 1. The summed E-state index contributed by atoms with van der Waals surface area (Å²) in [6.07, 6.45) is 2.53. The van der Waals surface area contributed by atoms with E-state index in [0.29, 0.717) is 33.0 Å². The molecule has 1 aliphatic heterocycles. The Morgan fingerprint density at radius 2 is 1.51 bits per heavy atom. The minimum absolute atomic E-state index is 0.0483. The molecule has 5 rings (SSSR count). The maximum absolute atomic E-state index is 12.8. The van der Waals surface area contributed by atoms with Crippen molar-refractivity contribution in [3.05, 3.63) is 70.1 Å². The molecule has 1 fully saturated rings. The third-order valence-corrected chi connectivity index (χ3v) is 6.31. The van der Waals surface area contributed by atoms with Crippen LogP contribution < -0.4 is 10.2 Å². The van der Waals surface area contributed by atoms with Crippen molar-refractivity contribution >= 4 is 29.3 Å². The lowest BCUT2D eigenvalue weighted by Crippen LogP contribution is -2.46. The molecule has 0 spiro atoms. The Kier molecular flexibility index (Phi) is 7.59. The molecule has 1 amide bonds. The van der Waals surface area contributed by atoms with Crippen LogP contribution in [0.5, 0.6) is 5.88 Å². The first-order valence-electron chi connectivity index (χ1n) is 11.9. The van der Waals surface area contributed by atoms with Crippen LogP contribution in [0.2, 0.25) is 10.0 Å². The largest absolute Gasteiger partial charge is 0.428 e.